The van der Waals surface area contributed by atoms with Gasteiger partial charge in [-0.25, -0.2) is 4.79 Å². The number of carbonyl (C=O) groups excluding carboxylic acids is 2. The summed E-state index contributed by atoms with van der Waals surface area (Å²) in [6.07, 6.45) is 2.02. The third kappa shape index (κ3) is 4.79. The third-order valence-electron chi connectivity index (χ3n) is 5.19. The molecule has 0 aromatic heterocycles. The minimum atomic E-state index is -0.948. The van der Waals surface area contributed by atoms with Crippen LogP contribution in [0.3, 0.4) is 0 Å². The number of nitrogens with zero attached hydrogens (tertiary/aromatic N) is 2. The van der Waals surface area contributed by atoms with Crippen molar-refractivity contribution in [3.8, 4) is 0 Å². The molecule has 2 aliphatic rings. The Kier molecular flexibility index (Phi) is 5.86. The van der Waals surface area contributed by atoms with E-state index in [-0.39, 0.29) is 23.2 Å². The monoisotopic (exact) mass is 389 g/mol. The molecule has 1 amide bonds. The fourth-order valence-corrected chi connectivity index (χ4v) is 3.75. The van der Waals surface area contributed by atoms with E-state index in [1.807, 2.05) is 4.90 Å². The van der Waals surface area contributed by atoms with Crippen molar-refractivity contribution in [3.63, 3.8) is 0 Å². The number of hydrogen-bond acceptors (Lipinski definition) is 6. The van der Waals surface area contributed by atoms with Crippen LogP contribution in [0.2, 0.25) is 0 Å². The van der Waals surface area contributed by atoms with Crippen LogP contribution in [0.1, 0.15) is 50.4 Å². The van der Waals surface area contributed by atoms with E-state index >= 15 is 0 Å². The molecular formula is C20H27N3O5. The van der Waals surface area contributed by atoms with Gasteiger partial charge in [-0.15, -0.1) is 0 Å². The molecule has 28 heavy (non-hydrogen) atoms. The van der Waals surface area contributed by atoms with Gasteiger partial charge < -0.3 is 15.0 Å². The maximum absolute atomic E-state index is 12.4. The first-order chi connectivity index (χ1) is 13.2. The first kappa shape index (κ1) is 20.1. The largest absolute Gasteiger partial charge is 0.449 e. The number of rotatable bonds is 6. The number of nitrogens with one attached hydrogen (secondary N) is 1. The zero-order valence-corrected chi connectivity index (χ0v) is 16.5. The number of hydrogen-bond donors (Lipinski definition) is 1. The highest BCUT2D eigenvalue weighted by Gasteiger charge is 2.30. The van der Waals surface area contributed by atoms with Gasteiger partial charge in [-0.1, -0.05) is 13.8 Å². The summed E-state index contributed by atoms with van der Waals surface area (Å²) in [6, 6.07) is 4.55. The zero-order valence-electron chi connectivity index (χ0n) is 16.5. The minimum Gasteiger partial charge on any atom is -0.449 e. The minimum absolute atomic E-state index is 0.0691. The van der Waals surface area contributed by atoms with E-state index in [0.29, 0.717) is 17.5 Å². The van der Waals surface area contributed by atoms with Crippen molar-refractivity contribution in [2.24, 2.45) is 11.8 Å². The summed E-state index contributed by atoms with van der Waals surface area (Å²) in [6.45, 7) is 7.25. The number of carbonyl (C=O) groups is 2. The highest BCUT2D eigenvalue weighted by molar-refractivity contribution is 5.93. The van der Waals surface area contributed by atoms with Gasteiger partial charge in [-0.05, 0) is 50.2 Å². The van der Waals surface area contributed by atoms with E-state index in [0.717, 1.165) is 32.4 Å². The van der Waals surface area contributed by atoms with E-state index < -0.39 is 17.0 Å². The molecule has 8 heteroatoms. The van der Waals surface area contributed by atoms with Crippen molar-refractivity contribution in [1.82, 2.24) is 5.32 Å². The summed E-state index contributed by atoms with van der Waals surface area (Å²) in [7, 11) is 0. The lowest BCUT2D eigenvalue weighted by Gasteiger charge is -2.36. The van der Waals surface area contributed by atoms with Gasteiger partial charge in [-0.2, -0.15) is 0 Å². The Morgan fingerprint density at radius 3 is 2.46 bits per heavy atom. The highest BCUT2D eigenvalue weighted by atomic mass is 16.6. The molecule has 3 atom stereocenters. The van der Waals surface area contributed by atoms with Gasteiger partial charge >= 0.3 is 5.97 Å². The third-order valence-corrected chi connectivity index (χ3v) is 5.19. The molecule has 1 aromatic carbocycles. The topological polar surface area (TPSA) is 102 Å². The summed E-state index contributed by atoms with van der Waals surface area (Å²) in [4.78, 5) is 37.5. The molecule has 1 aromatic rings. The number of nitro benzene ring substituents is 1. The van der Waals surface area contributed by atoms with Crippen LogP contribution in [0.4, 0.5) is 11.4 Å². The number of amides is 1. The molecule has 3 rings (SSSR count). The van der Waals surface area contributed by atoms with Gasteiger partial charge in [0, 0.05) is 25.2 Å². The van der Waals surface area contributed by atoms with Crippen molar-refractivity contribution < 1.29 is 19.2 Å². The number of ether oxygens (including phenoxy) is 1. The number of nitro groups is 1. The maximum Gasteiger partial charge on any atom is 0.339 e. The first-order valence-corrected chi connectivity index (χ1v) is 9.79. The summed E-state index contributed by atoms with van der Waals surface area (Å²) in [5.74, 6) is -0.204. The molecule has 8 nitrogen and oxygen atoms in total. The fraction of sp³-hybridized carbons (Fsp3) is 0.600. The van der Waals surface area contributed by atoms with Crippen molar-refractivity contribution >= 4 is 23.3 Å². The molecule has 1 heterocycles. The lowest BCUT2D eigenvalue weighted by atomic mass is 9.91. The van der Waals surface area contributed by atoms with E-state index in [1.54, 1.807) is 6.07 Å². The molecule has 1 aliphatic carbocycles. The molecule has 1 saturated heterocycles. The lowest BCUT2D eigenvalue weighted by molar-refractivity contribution is -0.384. The molecule has 3 unspecified atom stereocenters. The van der Waals surface area contributed by atoms with Crippen molar-refractivity contribution in [1.29, 1.82) is 0 Å². The van der Waals surface area contributed by atoms with Crippen LogP contribution in [-0.2, 0) is 9.53 Å². The molecule has 0 bridgehead atoms. The van der Waals surface area contributed by atoms with Gasteiger partial charge in [0.15, 0.2) is 6.10 Å². The summed E-state index contributed by atoms with van der Waals surface area (Å²) in [5, 5.41) is 14.4. The quantitative estimate of drug-likeness (QED) is 0.456. The number of esters is 1. The van der Waals surface area contributed by atoms with Crippen LogP contribution < -0.4 is 10.2 Å². The van der Waals surface area contributed by atoms with Gasteiger partial charge in [0.05, 0.1) is 10.5 Å². The predicted molar refractivity (Wildman–Crippen MR) is 104 cm³/mol. The molecule has 1 saturated carbocycles. The van der Waals surface area contributed by atoms with Crippen molar-refractivity contribution in [3.05, 3.63) is 33.9 Å². The molecule has 0 radical (unpaired) electrons. The summed E-state index contributed by atoms with van der Waals surface area (Å²) < 4.78 is 5.19. The standard InChI is InChI=1S/C20H27N3O5/c1-12-8-13(2)11-22(10-12)17-7-4-15(9-18(17)23(26)27)20(25)28-14(3)19(24)21-16-5-6-16/h4,7,9,12-14,16H,5-6,8,10-11H2,1-3H3,(H,21,24). The summed E-state index contributed by atoms with van der Waals surface area (Å²) >= 11 is 0. The second kappa shape index (κ2) is 8.16. The van der Waals surface area contributed by atoms with Crippen molar-refractivity contribution in [2.75, 3.05) is 18.0 Å². The second-order valence-corrected chi connectivity index (χ2v) is 8.14. The van der Waals surface area contributed by atoms with Crippen LogP contribution in [0.5, 0.6) is 0 Å². The predicted octanol–water partition coefficient (Wildman–Crippen LogP) is 2.90. The normalized spacial score (nSPS) is 23.0. The average molecular weight is 389 g/mol. The van der Waals surface area contributed by atoms with Crippen LogP contribution in [0, 0.1) is 22.0 Å². The van der Waals surface area contributed by atoms with Gasteiger partial charge in [0.1, 0.15) is 5.69 Å². The van der Waals surface area contributed by atoms with E-state index in [2.05, 4.69) is 19.2 Å². The van der Waals surface area contributed by atoms with Crippen LogP contribution >= 0.6 is 0 Å². The fourth-order valence-electron chi connectivity index (χ4n) is 3.75. The van der Waals surface area contributed by atoms with Crippen LogP contribution in [-0.4, -0.2) is 42.0 Å². The Bertz CT molecular complexity index is 767. The first-order valence-electron chi connectivity index (χ1n) is 9.79. The Labute approximate surface area is 164 Å². The number of anilines is 1. The van der Waals surface area contributed by atoms with Crippen LogP contribution in [0.15, 0.2) is 18.2 Å². The van der Waals surface area contributed by atoms with E-state index in [9.17, 15) is 19.7 Å². The molecule has 1 aliphatic heterocycles. The van der Waals surface area contributed by atoms with Gasteiger partial charge in [-0.3, -0.25) is 14.9 Å². The zero-order chi connectivity index (χ0) is 20.4. The van der Waals surface area contributed by atoms with E-state index in [4.69, 9.17) is 4.74 Å². The average Bonchev–Trinajstić information content (AvgIpc) is 3.44. The number of piperidine rings is 1. The number of benzene rings is 1. The molecule has 1 N–H and O–H groups in total. The Morgan fingerprint density at radius 2 is 1.89 bits per heavy atom. The van der Waals surface area contributed by atoms with Gasteiger partial charge in [0.25, 0.3) is 11.6 Å². The Hall–Kier alpha value is -2.64. The van der Waals surface area contributed by atoms with Crippen molar-refractivity contribution in [2.45, 2.75) is 52.2 Å². The highest BCUT2D eigenvalue weighted by Crippen LogP contribution is 2.34. The maximum atomic E-state index is 12.4. The molecule has 152 valence electrons. The lowest BCUT2D eigenvalue weighted by Crippen LogP contribution is -2.39. The van der Waals surface area contributed by atoms with Gasteiger partial charge in [0.2, 0.25) is 0 Å². The SMILES string of the molecule is CC1CC(C)CN(c2ccc(C(=O)OC(C)C(=O)NC3CC3)cc2[N+](=O)[O-])C1. The van der Waals surface area contributed by atoms with Crippen LogP contribution in [0.25, 0.3) is 0 Å². The Morgan fingerprint density at radius 1 is 1.25 bits per heavy atom. The Balaban J connectivity index is 1.75. The smallest absolute Gasteiger partial charge is 0.339 e. The molecule has 0 spiro atoms. The van der Waals surface area contributed by atoms with E-state index in [1.165, 1.54) is 19.1 Å². The molecular weight excluding hydrogens is 362 g/mol. The summed E-state index contributed by atoms with van der Waals surface area (Å²) in [5.41, 5.74) is 0.463. The molecule has 2 fully saturated rings. The second-order valence-electron chi connectivity index (χ2n) is 8.14.